The fourth-order valence-corrected chi connectivity index (χ4v) is 2.69. The smallest absolute Gasteiger partial charge is 0.463 e. The van der Waals surface area contributed by atoms with Crippen LogP contribution in [0, 0.1) is 0 Å². The average molecular weight is 320 g/mol. The van der Waals surface area contributed by atoms with Gasteiger partial charge in [0.25, 0.3) is 0 Å². The van der Waals surface area contributed by atoms with E-state index in [1.807, 2.05) is 0 Å². The predicted molar refractivity (Wildman–Crippen MR) is 87.2 cm³/mol. The molecule has 1 aromatic rings. The first-order valence-electron chi connectivity index (χ1n) is 6.86. The topological polar surface area (TPSA) is 90.8 Å². The first kappa shape index (κ1) is 16.5. The molecule has 0 spiro atoms. The zero-order chi connectivity index (χ0) is 16.3. The largest absolute Gasteiger partial charge is 0.488 e. The third-order valence-corrected chi connectivity index (χ3v) is 3.57. The van der Waals surface area contributed by atoms with Crippen LogP contribution in [-0.2, 0) is 9.53 Å². The molecule has 0 aromatic heterocycles. The van der Waals surface area contributed by atoms with E-state index in [0.29, 0.717) is 27.4 Å². The Hall–Kier alpha value is -1.90. The van der Waals surface area contributed by atoms with Gasteiger partial charge < -0.3 is 25.4 Å². The van der Waals surface area contributed by atoms with Crippen LogP contribution in [0.1, 0.15) is 25.5 Å². The molecule has 1 atom stereocenters. The van der Waals surface area contributed by atoms with Gasteiger partial charge in [0.1, 0.15) is 0 Å². The Morgan fingerprint density at radius 1 is 1.41 bits per heavy atom. The van der Waals surface area contributed by atoms with Crippen LogP contribution >= 0.6 is 12.2 Å². The number of hydrogen-bond donors (Lipinski definition) is 4. The van der Waals surface area contributed by atoms with E-state index in [1.54, 1.807) is 38.1 Å². The molecule has 0 aliphatic carbocycles. The minimum atomic E-state index is -1.65. The van der Waals surface area contributed by atoms with Crippen molar-refractivity contribution in [2.75, 3.05) is 6.61 Å². The van der Waals surface area contributed by atoms with Gasteiger partial charge in [0, 0.05) is 5.70 Å². The van der Waals surface area contributed by atoms with Gasteiger partial charge in [0.2, 0.25) is 0 Å². The number of hydrogen-bond acceptors (Lipinski definition) is 5. The highest BCUT2D eigenvalue weighted by Crippen LogP contribution is 2.26. The highest BCUT2D eigenvalue weighted by atomic mass is 32.1. The van der Waals surface area contributed by atoms with E-state index in [4.69, 9.17) is 17.0 Å². The van der Waals surface area contributed by atoms with Gasteiger partial charge >= 0.3 is 13.1 Å². The lowest BCUT2D eigenvalue weighted by molar-refractivity contribution is -0.139. The minimum absolute atomic E-state index is 0.247. The Morgan fingerprint density at radius 3 is 2.73 bits per heavy atom. The maximum atomic E-state index is 12.3. The first-order chi connectivity index (χ1) is 10.5. The highest BCUT2D eigenvalue weighted by Gasteiger charge is 2.33. The zero-order valence-electron chi connectivity index (χ0n) is 12.3. The number of esters is 1. The molecule has 1 unspecified atom stereocenters. The van der Waals surface area contributed by atoms with Crippen molar-refractivity contribution in [3.63, 3.8) is 0 Å². The van der Waals surface area contributed by atoms with Crippen molar-refractivity contribution in [3.8, 4) is 0 Å². The van der Waals surface area contributed by atoms with Crippen molar-refractivity contribution in [2.45, 2.75) is 19.9 Å². The van der Waals surface area contributed by atoms with Crippen LogP contribution < -0.4 is 16.1 Å². The molecule has 6 nitrogen and oxygen atoms in total. The molecule has 0 radical (unpaired) electrons. The number of nitrogens with one attached hydrogen (secondary N) is 2. The minimum Gasteiger partial charge on any atom is -0.463 e. The fraction of sp³-hybridized carbons (Fsp3) is 0.286. The number of rotatable bonds is 4. The molecular weight excluding hydrogens is 303 g/mol. The quantitative estimate of drug-likeness (QED) is 0.345. The summed E-state index contributed by atoms with van der Waals surface area (Å²) in [5.41, 5.74) is 1.81. The summed E-state index contributed by atoms with van der Waals surface area (Å²) < 4.78 is 5.09. The summed E-state index contributed by atoms with van der Waals surface area (Å²) in [7, 11) is -1.65. The van der Waals surface area contributed by atoms with E-state index in [9.17, 15) is 14.8 Å². The number of allylic oxidation sites excluding steroid dienone is 1. The van der Waals surface area contributed by atoms with E-state index in [-0.39, 0.29) is 6.61 Å². The lowest BCUT2D eigenvalue weighted by Gasteiger charge is -2.31. The summed E-state index contributed by atoms with van der Waals surface area (Å²) in [5, 5.41) is 25.3. The van der Waals surface area contributed by atoms with Gasteiger partial charge in [-0.25, -0.2) is 4.79 Å². The predicted octanol–water partition coefficient (Wildman–Crippen LogP) is -0.278. The summed E-state index contributed by atoms with van der Waals surface area (Å²) in [6.07, 6.45) is 0. The number of ether oxygens (including phenoxy) is 1. The molecule has 4 N–H and O–H groups in total. The molecule has 116 valence electrons. The molecular formula is C14H17BN2O4S. The molecule has 0 amide bonds. The van der Waals surface area contributed by atoms with E-state index < -0.39 is 19.1 Å². The van der Waals surface area contributed by atoms with Crippen molar-refractivity contribution in [2.24, 2.45) is 0 Å². The van der Waals surface area contributed by atoms with Crippen molar-refractivity contribution in [1.29, 1.82) is 0 Å². The van der Waals surface area contributed by atoms with Crippen LogP contribution in [0.3, 0.4) is 0 Å². The van der Waals surface area contributed by atoms with Crippen molar-refractivity contribution in [3.05, 3.63) is 41.1 Å². The van der Waals surface area contributed by atoms with E-state index in [1.165, 1.54) is 0 Å². The second-order valence-electron chi connectivity index (χ2n) is 4.79. The number of thiocarbonyl (C=S) groups is 1. The molecule has 2 rings (SSSR count). The number of carbonyl (C=O) groups is 1. The SMILES string of the molecule is CCOC(=O)C1=C(C)NC(=S)NC1c1ccccc1B(O)O. The normalized spacial score (nSPS) is 17.6. The monoisotopic (exact) mass is 320 g/mol. The molecule has 22 heavy (non-hydrogen) atoms. The molecule has 1 aromatic carbocycles. The highest BCUT2D eigenvalue weighted by molar-refractivity contribution is 7.80. The standard InChI is InChI=1S/C14H17BN2O4S/c1-3-21-13(18)11-8(2)16-14(22)17-12(11)9-6-4-5-7-10(9)15(19)20/h4-7,12,19-20H,3H2,1-2H3,(H2,16,17,22). The van der Waals surface area contributed by atoms with Crippen LogP contribution in [0.15, 0.2) is 35.5 Å². The van der Waals surface area contributed by atoms with Crippen LogP contribution in [0.5, 0.6) is 0 Å². The van der Waals surface area contributed by atoms with Gasteiger partial charge in [-0.05, 0) is 37.1 Å². The Morgan fingerprint density at radius 2 is 2.09 bits per heavy atom. The van der Waals surface area contributed by atoms with Crippen LogP contribution in [0.25, 0.3) is 0 Å². The van der Waals surface area contributed by atoms with Gasteiger partial charge in [0.05, 0.1) is 18.2 Å². The molecule has 1 heterocycles. The third kappa shape index (κ3) is 3.29. The average Bonchev–Trinajstić information content (AvgIpc) is 2.46. The summed E-state index contributed by atoms with van der Waals surface area (Å²) in [6.45, 7) is 3.70. The molecule has 0 saturated carbocycles. The lowest BCUT2D eigenvalue weighted by Crippen LogP contribution is -2.47. The van der Waals surface area contributed by atoms with Gasteiger partial charge in [-0.2, -0.15) is 0 Å². The molecule has 1 aliphatic rings. The van der Waals surface area contributed by atoms with Crippen molar-refractivity contribution in [1.82, 2.24) is 10.6 Å². The molecule has 0 saturated heterocycles. The van der Waals surface area contributed by atoms with Crippen LogP contribution in [0.2, 0.25) is 0 Å². The van der Waals surface area contributed by atoms with Gasteiger partial charge in [-0.3, -0.25) is 0 Å². The second kappa shape index (κ2) is 6.91. The Kier molecular flexibility index (Phi) is 5.17. The lowest BCUT2D eigenvalue weighted by atomic mass is 9.74. The van der Waals surface area contributed by atoms with Gasteiger partial charge in [-0.1, -0.05) is 24.3 Å². The van der Waals surface area contributed by atoms with Crippen LogP contribution in [0.4, 0.5) is 0 Å². The maximum Gasteiger partial charge on any atom is 0.488 e. The fourth-order valence-electron chi connectivity index (χ4n) is 2.42. The van der Waals surface area contributed by atoms with Crippen LogP contribution in [-0.4, -0.2) is 34.9 Å². The van der Waals surface area contributed by atoms with Crippen molar-refractivity contribution >= 4 is 35.9 Å². The van der Waals surface area contributed by atoms with E-state index in [0.717, 1.165) is 0 Å². The number of benzene rings is 1. The Balaban J connectivity index is 2.53. The van der Waals surface area contributed by atoms with Gasteiger partial charge in [0.15, 0.2) is 5.11 Å². The summed E-state index contributed by atoms with van der Waals surface area (Å²) in [6, 6.07) is 6.15. The summed E-state index contributed by atoms with van der Waals surface area (Å²) in [5.74, 6) is -0.477. The Bertz CT molecular complexity index is 633. The molecule has 8 heteroatoms. The molecule has 1 aliphatic heterocycles. The second-order valence-corrected chi connectivity index (χ2v) is 5.20. The maximum absolute atomic E-state index is 12.3. The van der Waals surface area contributed by atoms with E-state index in [2.05, 4.69) is 10.6 Å². The first-order valence-corrected chi connectivity index (χ1v) is 7.26. The van der Waals surface area contributed by atoms with Gasteiger partial charge in [-0.15, -0.1) is 0 Å². The molecule has 0 fully saturated rings. The Labute approximate surface area is 134 Å². The van der Waals surface area contributed by atoms with Crippen molar-refractivity contribution < 1.29 is 19.6 Å². The number of carbonyl (C=O) groups excluding carboxylic acids is 1. The van der Waals surface area contributed by atoms with E-state index >= 15 is 0 Å². The summed E-state index contributed by atoms with van der Waals surface area (Å²) in [4.78, 5) is 12.3. The zero-order valence-corrected chi connectivity index (χ0v) is 13.1. The third-order valence-electron chi connectivity index (χ3n) is 3.35. The summed E-state index contributed by atoms with van der Waals surface area (Å²) >= 11 is 5.14. The molecule has 0 bridgehead atoms.